The minimum atomic E-state index is -1.06. The van der Waals surface area contributed by atoms with E-state index in [1.165, 1.54) is 25.7 Å². The number of nitrogens with one attached hydrogen (secondary N) is 1. The fourth-order valence-electron chi connectivity index (χ4n) is 1.19. The molecular weight excluding hydrogens is 256 g/mol. The van der Waals surface area contributed by atoms with Gasteiger partial charge in [0.15, 0.2) is 10.9 Å². The smallest absolute Gasteiger partial charge is 0.337 e. The molecule has 1 aromatic carbocycles. The molecule has 0 aliphatic heterocycles. The highest BCUT2D eigenvalue weighted by atomic mass is 32.2. The lowest BCUT2D eigenvalue weighted by Crippen LogP contribution is -2.75. The van der Waals surface area contributed by atoms with Gasteiger partial charge in [-0.2, -0.15) is 5.48 Å². The van der Waals surface area contributed by atoms with Crippen LogP contribution in [-0.2, 0) is 4.84 Å². The van der Waals surface area contributed by atoms with Crippen molar-refractivity contribution in [1.82, 2.24) is 5.01 Å². The Morgan fingerprint density at radius 2 is 2.28 bits per heavy atom. The van der Waals surface area contributed by atoms with E-state index in [2.05, 4.69) is 0 Å². The number of carbonyl (C=O) groups is 1. The van der Waals surface area contributed by atoms with Crippen LogP contribution >= 0.6 is 11.8 Å². The predicted molar refractivity (Wildman–Crippen MR) is 67.5 cm³/mol. The summed E-state index contributed by atoms with van der Waals surface area (Å²) in [6.45, 7) is 0. The fraction of sp³-hybridized carbons (Fsp3) is 0.200. The molecule has 8 heteroatoms. The standard InChI is InChI=1S/C10H14N4O3S/c1-14(12)10(11)18-8-4-3-6(13-17-2)5-7(8)9(15)16/h3-5,11,13H,12H2,1-2H3,(H,15,16)/p+1. The first-order valence-corrected chi connectivity index (χ1v) is 5.75. The van der Waals surface area contributed by atoms with Crippen LogP contribution in [0.25, 0.3) is 0 Å². The number of quaternary nitrogens is 1. The van der Waals surface area contributed by atoms with Crippen LogP contribution in [0.2, 0.25) is 0 Å². The average Bonchev–Trinajstić information content (AvgIpc) is 2.30. The molecule has 0 unspecified atom stereocenters. The number of amidine groups is 1. The van der Waals surface area contributed by atoms with Crippen LogP contribution in [0.5, 0.6) is 0 Å². The van der Waals surface area contributed by atoms with Crippen LogP contribution in [0.1, 0.15) is 10.4 Å². The number of rotatable bonds is 4. The molecule has 7 nitrogen and oxygen atoms in total. The van der Waals surface area contributed by atoms with E-state index in [-0.39, 0.29) is 10.7 Å². The lowest BCUT2D eigenvalue weighted by Gasteiger charge is -2.13. The lowest BCUT2D eigenvalue weighted by molar-refractivity contribution is -0.830. The van der Waals surface area contributed by atoms with Gasteiger partial charge in [-0.15, -0.1) is 0 Å². The molecule has 1 rings (SSSR count). The first-order chi connectivity index (χ1) is 8.45. The van der Waals surface area contributed by atoms with E-state index in [0.29, 0.717) is 10.6 Å². The molecule has 6 N–H and O–H groups in total. The van der Waals surface area contributed by atoms with Crippen molar-refractivity contribution in [3.63, 3.8) is 0 Å². The maximum absolute atomic E-state index is 11.1. The van der Waals surface area contributed by atoms with E-state index in [9.17, 15) is 4.79 Å². The summed E-state index contributed by atoms with van der Waals surface area (Å²) in [5.41, 5.74) is 2.20. The molecule has 0 heterocycles. The number of hydrazine groups is 1. The van der Waals surface area contributed by atoms with Crippen molar-refractivity contribution in [2.75, 3.05) is 14.2 Å². The second-order valence-corrected chi connectivity index (χ2v) is 4.46. The largest absolute Gasteiger partial charge is 0.478 e. The topological polar surface area (TPSA) is 116 Å². The van der Waals surface area contributed by atoms with E-state index in [0.717, 1.165) is 16.8 Å². The third kappa shape index (κ3) is 3.70. The summed E-state index contributed by atoms with van der Waals surface area (Å²) in [4.78, 5) is 16.4. The average molecular weight is 271 g/mol. The summed E-state index contributed by atoms with van der Waals surface area (Å²) >= 11 is 0.982. The molecule has 0 saturated heterocycles. The zero-order valence-corrected chi connectivity index (χ0v) is 10.8. The van der Waals surface area contributed by atoms with Crippen molar-refractivity contribution in [3.05, 3.63) is 23.8 Å². The van der Waals surface area contributed by atoms with Gasteiger partial charge >= 0.3 is 5.97 Å². The molecule has 18 heavy (non-hydrogen) atoms. The van der Waals surface area contributed by atoms with Gasteiger partial charge in [0.05, 0.1) is 12.7 Å². The molecule has 0 atom stereocenters. The second kappa shape index (κ2) is 6.36. The number of thioether (sulfide) groups is 1. The van der Waals surface area contributed by atoms with Crippen molar-refractivity contribution < 1.29 is 20.2 Å². The van der Waals surface area contributed by atoms with Crippen molar-refractivity contribution >= 4 is 28.6 Å². The number of hydrogen-bond acceptors (Lipinski definition) is 5. The van der Waals surface area contributed by atoms with Crippen LogP contribution in [0.4, 0.5) is 5.69 Å². The van der Waals surface area contributed by atoms with Gasteiger partial charge in [0.1, 0.15) is 0 Å². The number of nitrogens with two attached hydrogens (primary N) is 2. The molecule has 0 aliphatic rings. The number of benzene rings is 1. The summed E-state index contributed by atoms with van der Waals surface area (Å²) in [7, 11) is 3.00. The molecule has 0 bridgehead atoms. The molecule has 0 fully saturated rings. The van der Waals surface area contributed by atoms with Gasteiger partial charge in [0, 0.05) is 24.1 Å². The first kappa shape index (κ1) is 14.5. The summed E-state index contributed by atoms with van der Waals surface area (Å²) in [6.07, 6.45) is 0. The molecule has 1 aromatic rings. The number of carboxylic acids is 1. The molecule has 0 aliphatic carbocycles. The van der Waals surface area contributed by atoms with Crippen molar-refractivity contribution in [2.45, 2.75) is 4.90 Å². The van der Waals surface area contributed by atoms with Crippen molar-refractivity contribution in [3.8, 4) is 0 Å². The Morgan fingerprint density at radius 3 is 2.78 bits per heavy atom. The third-order valence-corrected chi connectivity index (χ3v) is 3.07. The normalized spacial score (nSPS) is 10.2. The summed E-state index contributed by atoms with van der Waals surface area (Å²) in [5, 5.41) is 17.9. The van der Waals surface area contributed by atoms with Gasteiger partial charge < -0.3 is 5.11 Å². The predicted octanol–water partition coefficient (Wildman–Crippen LogP) is -0.0265. The van der Waals surface area contributed by atoms with E-state index in [4.69, 9.17) is 21.2 Å². The first-order valence-electron chi connectivity index (χ1n) is 4.94. The highest BCUT2D eigenvalue weighted by molar-refractivity contribution is 8.13. The van der Waals surface area contributed by atoms with Crippen molar-refractivity contribution in [2.24, 2.45) is 5.84 Å². The van der Waals surface area contributed by atoms with Crippen LogP contribution < -0.4 is 11.3 Å². The fourth-order valence-corrected chi connectivity index (χ4v) is 1.93. The minimum Gasteiger partial charge on any atom is -0.478 e. The zero-order valence-electron chi connectivity index (χ0n) is 10.0. The van der Waals surface area contributed by atoms with Crippen LogP contribution in [-0.4, -0.2) is 35.4 Å². The van der Waals surface area contributed by atoms with E-state index in [1.807, 2.05) is 0 Å². The number of aromatic carboxylic acids is 1. The Hall–Kier alpha value is -1.61. The SMILES string of the molecule is CO[NH2+]c1ccc(SC(=N)N(C)N)c(C(=O)O)c1. The lowest BCUT2D eigenvalue weighted by atomic mass is 10.2. The van der Waals surface area contributed by atoms with Gasteiger partial charge in [0.25, 0.3) is 0 Å². The molecule has 0 amide bonds. The van der Waals surface area contributed by atoms with Gasteiger partial charge in [-0.3, -0.25) is 10.4 Å². The highest BCUT2D eigenvalue weighted by Crippen LogP contribution is 2.25. The van der Waals surface area contributed by atoms with Crippen LogP contribution in [0.15, 0.2) is 23.1 Å². The van der Waals surface area contributed by atoms with E-state index >= 15 is 0 Å². The van der Waals surface area contributed by atoms with Gasteiger partial charge in [-0.05, 0) is 6.07 Å². The maximum Gasteiger partial charge on any atom is 0.337 e. The van der Waals surface area contributed by atoms with E-state index < -0.39 is 5.97 Å². The summed E-state index contributed by atoms with van der Waals surface area (Å²) in [6, 6.07) is 4.82. The monoisotopic (exact) mass is 271 g/mol. The molecule has 0 aromatic heterocycles. The molecule has 0 spiro atoms. The quantitative estimate of drug-likeness (QED) is 0.153. The van der Waals surface area contributed by atoms with E-state index in [1.54, 1.807) is 12.1 Å². The second-order valence-electron chi connectivity index (χ2n) is 3.43. The summed E-state index contributed by atoms with van der Waals surface area (Å²) in [5.74, 6) is 4.34. The molecular formula is C10H15N4O3S+. The zero-order chi connectivity index (χ0) is 13.7. The van der Waals surface area contributed by atoms with Gasteiger partial charge in [-0.25, -0.2) is 15.5 Å². The molecule has 0 saturated carbocycles. The van der Waals surface area contributed by atoms with Gasteiger partial charge in [0.2, 0.25) is 0 Å². The number of nitrogens with zero attached hydrogens (tertiary/aromatic N) is 1. The highest BCUT2D eigenvalue weighted by Gasteiger charge is 2.15. The van der Waals surface area contributed by atoms with Crippen LogP contribution in [0.3, 0.4) is 0 Å². The van der Waals surface area contributed by atoms with Crippen LogP contribution in [0, 0.1) is 5.41 Å². The maximum atomic E-state index is 11.1. The number of hydrogen-bond donors (Lipinski definition) is 4. The van der Waals surface area contributed by atoms with Crippen molar-refractivity contribution in [1.29, 1.82) is 5.41 Å². The Bertz CT molecular complexity index is 464. The molecule has 0 radical (unpaired) electrons. The Labute approximate surface area is 108 Å². The third-order valence-electron chi connectivity index (χ3n) is 2.01. The van der Waals surface area contributed by atoms with Gasteiger partial charge in [-0.1, -0.05) is 11.8 Å². The molecule has 98 valence electrons. The Morgan fingerprint density at radius 1 is 1.61 bits per heavy atom. The summed E-state index contributed by atoms with van der Waals surface area (Å²) < 4.78 is 0. The Balaban J connectivity index is 3.04. The number of carboxylic acid groups (broad SMARTS) is 1. The Kier molecular flexibility index (Phi) is 5.10. The minimum absolute atomic E-state index is 0.0565.